The number of amides is 1. The van der Waals surface area contributed by atoms with Gasteiger partial charge in [-0.1, -0.05) is 12.1 Å². The maximum atomic E-state index is 12.4. The second-order valence-electron chi connectivity index (χ2n) is 6.18. The molecule has 2 aromatic carbocycles. The molecule has 1 heterocycles. The van der Waals surface area contributed by atoms with Crippen LogP contribution in [0.3, 0.4) is 0 Å². The normalized spacial score (nSPS) is 10.6. The fraction of sp³-hybridized carbons (Fsp3) is 0.238. The first-order valence-corrected chi connectivity index (χ1v) is 9.75. The van der Waals surface area contributed by atoms with Gasteiger partial charge in [0, 0.05) is 22.8 Å². The number of carbonyl (C=O) groups is 1. The Balaban J connectivity index is 1.60. The lowest BCUT2D eigenvalue weighted by atomic mass is 10.2. The molecule has 0 saturated carbocycles. The van der Waals surface area contributed by atoms with Crippen molar-refractivity contribution in [2.75, 3.05) is 18.2 Å². The molecule has 0 saturated heterocycles. The van der Waals surface area contributed by atoms with Gasteiger partial charge < -0.3 is 10.1 Å². The highest BCUT2D eigenvalue weighted by atomic mass is 32.2. The number of aryl methyl sites for hydroxylation is 2. The quantitative estimate of drug-likeness (QED) is 0.607. The van der Waals surface area contributed by atoms with Crippen LogP contribution in [0.4, 0.5) is 5.69 Å². The number of methoxy groups -OCH3 is 1. The van der Waals surface area contributed by atoms with E-state index in [1.807, 2.05) is 73.1 Å². The largest absolute Gasteiger partial charge is 0.497 e. The SMILES string of the molecule is COc1ccc(SCCC(=O)Nc2ccccc2-n2nc(C)cc2C)cc1. The van der Waals surface area contributed by atoms with Crippen LogP contribution in [-0.2, 0) is 4.79 Å². The molecule has 1 N–H and O–H groups in total. The van der Waals surface area contributed by atoms with Crippen molar-refractivity contribution in [1.29, 1.82) is 0 Å². The monoisotopic (exact) mass is 381 g/mol. The van der Waals surface area contributed by atoms with E-state index in [2.05, 4.69) is 10.4 Å². The summed E-state index contributed by atoms with van der Waals surface area (Å²) >= 11 is 1.65. The maximum Gasteiger partial charge on any atom is 0.225 e. The summed E-state index contributed by atoms with van der Waals surface area (Å²) in [6.07, 6.45) is 0.433. The lowest BCUT2D eigenvalue weighted by Gasteiger charge is -2.12. The molecule has 0 atom stereocenters. The summed E-state index contributed by atoms with van der Waals surface area (Å²) < 4.78 is 7.01. The second kappa shape index (κ2) is 8.77. The minimum Gasteiger partial charge on any atom is -0.497 e. The van der Waals surface area contributed by atoms with E-state index in [0.717, 1.165) is 33.4 Å². The Morgan fingerprint density at radius 2 is 1.89 bits per heavy atom. The van der Waals surface area contributed by atoms with Crippen molar-refractivity contribution in [2.24, 2.45) is 0 Å². The highest BCUT2D eigenvalue weighted by Gasteiger charge is 2.11. The number of benzene rings is 2. The van der Waals surface area contributed by atoms with Gasteiger partial charge in [0.15, 0.2) is 0 Å². The van der Waals surface area contributed by atoms with Crippen molar-refractivity contribution in [2.45, 2.75) is 25.2 Å². The average Bonchev–Trinajstić information content (AvgIpc) is 3.00. The zero-order valence-corrected chi connectivity index (χ0v) is 16.5. The first kappa shape index (κ1) is 19.0. The zero-order chi connectivity index (χ0) is 19.2. The summed E-state index contributed by atoms with van der Waals surface area (Å²) in [5.41, 5.74) is 3.62. The number of para-hydroxylation sites is 2. The van der Waals surface area contributed by atoms with E-state index in [4.69, 9.17) is 4.74 Å². The molecule has 0 aliphatic rings. The molecule has 0 radical (unpaired) electrons. The molecule has 0 bridgehead atoms. The lowest BCUT2D eigenvalue weighted by molar-refractivity contribution is -0.115. The van der Waals surface area contributed by atoms with Gasteiger partial charge in [0.05, 0.1) is 24.2 Å². The fourth-order valence-corrected chi connectivity index (χ4v) is 3.63. The van der Waals surface area contributed by atoms with Crippen molar-refractivity contribution in [3.05, 3.63) is 66.0 Å². The Labute approximate surface area is 163 Å². The zero-order valence-electron chi connectivity index (χ0n) is 15.7. The lowest BCUT2D eigenvalue weighted by Crippen LogP contribution is -2.14. The summed E-state index contributed by atoms with van der Waals surface area (Å²) in [5.74, 6) is 1.53. The van der Waals surface area contributed by atoms with Gasteiger partial charge in [-0.3, -0.25) is 4.79 Å². The topological polar surface area (TPSA) is 56.1 Å². The number of aromatic nitrogens is 2. The number of carbonyl (C=O) groups excluding carboxylic acids is 1. The smallest absolute Gasteiger partial charge is 0.225 e. The molecule has 3 aromatic rings. The molecule has 0 aliphatic carbocycles. The van der Waals surface area contributed by atoms with Gasteiger partial charge in [-0.15, -0.1) is 11.8 Å². The first-order chi connectivity index (χ1) is 13.1. The Morgan fingerprint density at radius 3 is 2.56 bits per heavy atom. The number of rotatable bonds is 7. The number of anilines is 1. The van der Waals surface area contributed by atoms with Crippen molar-refractivity contribution in [1.82, 2.24) is 9.78 Å². The summed E-state index contributed by atoms with van der Waals surface area (Å²) in [4.78, 5) is 13.5. The van der Waals surface area contributed by atoms with Crippen molar-refractivity contribution in [3.63, 3.8) is 0 Å². The van der Waals surface area contributed by atoms with Gasteiger partial charge in [-0.2, -0.15) is 5.10 Å². The Morgan fingerprint density at radius 1 is 1.15 bits per heavy atom. The summed E-state index contributed by atoms with van der Waals surface area (Å²) in [6, 6.07) is 17.6. The summed E-state index contributed by atoms with van der Waals surface area (Å²) in [5, 5.41) is 7.53. The van der Waals surface area contributed by atoms with Crippen molar-refractivity contribution < 1.29 is 9.53 Å². The molecular formula is C21H23N3O2S. The molecule has 0 spiro atoms. The Bertz CT molecular complexity index is 919. The standard InChI is InChI=1S/C21H23N3O2S/c1-15-14-16(2)24(23-15)20-7-5-4-6-19(20)22-21(25)12-13-27-18-10-8-17(26-3)9-11-18/h4-11,14H,12-13H2,1-3H3,(H,22,25). The molecule has 0 unspecified atom stereocenters. The maximum absolute atomic E-state index is 12.4. The van der Waals surface area contributed by atoms with E-state index in [-0.39, 0.29) is 5.91 Å². The number of nitrogens with one attached hydrogen (secondary N) is 1. The molecular weight excluding hydrogens is 358 g/mol. The molecule has 3 rings (SSSR count). The van der Waals surface area contributed by atoms with E-state index >= 15 is 0 Å². The highest BCUT2D eigenvalue weighted by Crippen LogP contribution is 2.24. The summed E-state index contributed by atoms with van der Waals surface area (Å²) in [7, 11) is 1.65. The Hall–Kier alpha value is -2.73. The van der Waals surface area contributed by atoms with E-state index in [0.29, 0.717) is 12.2 Å². The number of thioether (sulfide) groups is 1. The van der Waals surface area contributed by atoms with Gasteiger partial charge >= 0.3 is 0 Å². The van der Waals surface area contributed by atoms with Crippen LogP contribution in [0, 0.1) is 13.8 Å². The van der Waals surface area contributed by atoms with Crippen LogP contribution < -0.4 is 10.1 Å². The average molecular weight is 382 g/mol. The van der Waals surface area contributed by atoms with Crippen LogP contribution in [0.15, 0.2) is 59.5 Å². The van der Waals surface area contributed by atoms with E-state index in [1.165, 1.54) is 0 Å². The van der Waals surface area contributed by atoms with Crippen LogP contribution >= 0.6 is 11.8 Å². The summed E-state index contributed by atoms with van der Waals surface area (Å²) in [6.45, 7) is 3.96. The van der Waals surface area contributed by atoms with Crippen molar-refractivity contribution in [3.8, 4) is 11.4 Å². The number of hydrogen-bond acceptors (Lipinski definition) is 4. The number of hydrogen-bond donors (Lipinski definition) is 1. The third-order valence-electron chi connectivity index (χ3n) is 4.07. The van der Waals surface area contributed by atoms with E-state index in [1.54, 1.807) is 18.9 Å². The molecule has 27 heavy (non-hydrogen) atoms. The van der Waals surface area contributed by atoms with Crippen LogP contribution in [0.1, 0.15) is 17.8 Å². The predicted octanol–water partition coefficient (Wildman–Crippen LogP) is 4.62. The van der Waals surface area contributed by atoms with Gasteiger partial charge in [0.2, 0.25) is 5.91 Å². The minimum absolute atomic E-state index is 0.00927. The third-order valence-corrected chi connectivity index (χ3v) is 5.09. The van der Waals surface area contributed by atoms with E-state index in [9.17, 15) is 4.79 Å². The second-order valence-corrected chi connectivity index (χ2v) is 7.35. The van der Waals surface area contributed by atoms with Gasteiger partial charge in [-0.05, 0) is 56.3 Å². The van der Waals surface area contributed by atoms with Crippen LogP contribution in [0.2, 0.25) is 0 Å². The van der Waals surface area contributed by atoms with Crippen LogP contribution in [0.5, 0.6) is 5.75 Å². The third kappa shape index (κ3) is 4.92. The number of ether oxygens (including phenoxy) is 1. The van der Waals surface area contributed by atoms with Gasteiger partial charge in [0.25, 0.3) is 0 Å². The van der Waals surface area contributed by atoms with E-state index < -0.39 is 0 Å². The predicted molar refractivity (Wildman–Crippen MR) is 110 cm³/mol. The van der Waals surface area contributed by atoms with Gasteiger partial charge in [0.1, 0.15) is 5.75 Å². The minimum atomic E-state index is -0.00927. The molecule has 1 amide bonds. The number of nitrogens with zero attached hydrogens (tertiary/aromatic N) is 2. The van der Waals surface area contributed by atoms with Crippen LogP contribution in [-0.4, -0.2) is 28.6 Å². The van der Waals surface area contributed by atoms with Crippen LogP contribution in [0.25, 0.3) is 5.69 Å². The Kier molecular flexibility index (Phi) is 6.19. The molecule has 5 nitrogen and oxygen atoms in total. The van der Waals surface area contributed by atoms with Crippen molar-refractivity contribution >= 4 is 23.4 Å². The fourth-order valence-electron chi connectivity index (χ4n) is 2.78. The van der Waals surface area contributed by atoms with Gasteiger partial charge in [-0.25, -0.2) is 4.68 Å². The highest BCUT2D eigenvalue weighted by molar-refractivity contribution is 7.99. The molecule has 0 aliphatic heterocycles. The molecule has 140 valence electrons. The first-order valence-electron chi connectivity index (χ1n) is 8.76. The molecule has 0 fully saturated rings. The molecule has 1 aromatic heterocycles. The molecule has 6 heteroatoms.